The van der Waals surface area contributed by atoms with E-state index in [9.17, 15) is 0 Å². The molecule has 0 N–H and O–H groups in total. The Morgan fingerprint density at radius 2 is 0.812 bits per heavy atom. The highest BCUT2D eigenvalue weighted by Gasteiger charge is 2.20. The second-order valence-corrected chi connectivity index (χ2v) is 17.6. The summed E-state index contributed by atoms with van der Waals surface area (Å²) in [5.74, 6) is 1.69. The summed E-state index contributed by atoms with van der Waals surface area (Å²) in [5.41, 5.74) is 16.1. The normalized spacial score (nSPS) is 11.8. The molecule has 10 aromatic carbocycles. The van der Waals surface area contributed by atoms with Gasteiger partial charge in [-0.25, -0.2) is 15.0 Å². The number of rotatable bonds is 7. The van der Waals surface area contributed by atoms with Crippen LogP contribution in [0.1, 0.15) is 0 Å². The molecule has 0 fully saturated rings. The van der Waals surface area contributed by atoms with E-state index < -0.39 is 0 Å². The number of fused-ring (bicyclic) bond motifs is 9. The van der Waals surface area contributed by atoms with Crippen LogP contribution in [0.25, 0.3) is 139 Å². The Kier molecular flexibility index (Phi) is 8.79. The van der Waals surface area contributed by atoms with E-state index in [1.807, 2.05) is 54.6 Å². The maximum absolute atomic E-state index is 6.58. The summed E-state index contributed by atoms with van der Waals surface area (Å²) >= 11 is 0. The molecule has 6 heteroatoms. The molecule has 14 rings (SSSR count). The zero-order chi connectivity index (χ0) is 45.4. The number of aromatic nitrogens is 4. The van der Waals surface area contributed by atoms with Crippen molar-refractivity contribution >= 4 is 65.7 Å². The molecule has 4 aromatic heterocycles. The van der Waals surface area contributed by atoms with Crippen LogP contribution in [0.2, 0.25) is 0 Å². The highest BCUT2D eigenvalue weighted by molar-refractivity contribution is 6.14. The van der Waals surface area contributed by atoms with Crippen LogP contribution in [0.15, 0.2) is 239 Å². The summed E-state index contributed by atoms with van der Waals surface area (Å²) in [7, 11) is 0. The summed E-state index contributed by atoms with van der Waals surface area (Å²) < 4.78 is 15.4. The van der Waals surface area contributed by atoms with Crippen molar-refractivity contribution in [1.82, 2.24) is 19.5 Å². The fourth-order valence-electron chi connectivity index (χ4n) is 10.1. The minimum Gasteiger partial charge on any atom is -0.456 e. The first kappa shape index (κ1) is 38.8. The number of para-hydroxylation sites is 1. The lowest BCUT2D eigenvalue weighted by Gasteiger charge is -2.11. The largest absolute Gasteiger partial charge is 0.456 e. The molecule has 0 saturated heterocycles. The number of hydrogen-bond donors (Lipinski definition) is 0. The predicted octanol–water partition coefficient (Wildman–Crippen LogP) is 16.8. The van der Waals surface area contributed by atoms with Crippen LogP contribution in [0.4, 0.5) is 0 Å². The van der Waals surface area contributed by atoms with Gasteiger partial charge in [0.25, 0.3) is 0 Å². The van der Waals surface area contributed by atoms with Crippen LogP contribution in [-0.2, 0) is 0 Å². The van der Waals surface area contributed by atoms with Crippen molar-refractivity contribution < 1.29 is 8.83 Å². The van der Waals surface area contributed by atoms with Gasteiger partial charge in [-0.3, -0.25) is 0 Å². The van der Waals surface area contributed by atoms with E-state index >= 15 is 0 Å². The quantitative estimate of drug-likeness (QED) is 0.159. The molecule has 6 nitrogen and oxygen atoms in total. The second-order valence-electron chi connectivity index (χ2n) is 17.6. The van der Waals surface area contributed by atoms with E-state index in [4.69, 9.17) is 23.8 Å². The zero-order valence-electron chi connectivity index (χ0n) is 37.0. The van der Waals surface area contributed by atoms with Gasteiger partial charge < -0.3 is 13.4 Å². The monoisotopic (exact) mass is 882 g/mol. The maximum Gasteiger partial charge on any atom is 0.164 e. The molecular weight excluding hydrogens is 845 g/mol. The van der Waals surface area contributed by atoms with Gasteiger partial charge >= 0.3 is 0 Å². The molecule has 0 radical (unpaired) electrons. The van der Waals surface area contributed by atoms with Crippen LogP contribution in [0, 0.1) is 0 Å². The van der Waals surface area contributed by atoms with E-state index in [1.165, 1.54) is 21.9 Å². The molecule has 4 heterocycles. The molecule has 0 amide bonds. The van der Waals surface area contributed by atoms with Crippen molar-refractivity contribution in [3.05, 3.63) is 231 Å². The topological polar surface area (TPSA) is 69.9 Å². The lowest BCUT2D eigenvalue weighted by atomic mass is 9.99. The van der Waals surface area contributed by atoms with E-state index in [0.29, 0.717) is 17.5 Å². The Labute approximate surface area is 396 Å². The van der Waals surface area contributed by atoms with Gasteiger partial charge in [0, 0.05) is 54.7 Å². The number of nitrogens with zero attached hydrogens (tertiary/aromatic N) is 4. The average Bonchev–Trinajstić information content (AvgIpc) is 4.10. The van der Waals surface area contributed by atoms with E-state index in [2.05, 4.69) is 180 Å². The fraction of sp³-hybridized carbons (Fsp3) is 0. The smallest absolute Gasteiger partial charge is 0.164 e. The molecule has 0 aliphatic rings. The first-order valence-corrected chi connectivity index (χ1v) is 23.2. The minimum absolute atomic E-state index is 0.552. The standard InChI is InChI=1S/C63H38N4O2/c1-4-14-39(15-5-1)42-20-12-21-47(34-42)67-54-24-11-10-22-48(54)51-35-44(27-31-55(51)67)45-29-33-57-53(37-45)60-50(23-13-25-58(60)68-57)63-65-61(41-18-8-3-9-19-41)64-62(66-63)46-26-30-49-52-36-43(40-16-6-2-7-17-40)28-32-56(52)69-59(49)38-46/h1-38H. The molecule has 14 aromatic rings. The first-order chi connectivity index (χ1) is 34.2. The van der Waals surface area contributed by atoms with Gasteiger partial charge in [-0.1, -0.05) is 158 Å². The van der Waals surface area contributed by atoms with Crippen LogP contribution in [0.3, 0.4) is 0 Å². The summed E-state index contributed by atoms with van der Waals surface area (Å²) in [4.78, 5) is 15.5. The molecule has 0 unspecified atom stereocenters. The Bertz CT molecular complexity index is 4300. The lowest BCUT2D eigenvalue weighted by Crippen LogP contribution is -2.00. The van der Waals surface area contributed by atoms with Crippen LogP contribution in [0.5, 0.6) is 0 Å². The predicted molar refractivity (Wildman–Crippen MR) is 281 cm³/mol. The Morgan fingerprint density at radius 3 is 1.58 bits per heavy atom. The zero-order valence-corrected chi connectivity index (χ0v) is 37.0. The Morgan fingerprint density at radius 1 is 0.275 bits per heavy atom. The van der Waals surface area contributed by atoms with Crippen LogP contribution in [-0.4, -0.2) is 19.5 Å². The molecule has 0 bridgehead atoms. The van der Waals surface area contributed by atoms with Crippen molar-refractivity contribution in [2.45, 2.75) is 0 Å². The summed E-state index contributed by atoms with van der Waals surface area (Å²) in [6.07, 6.45) is 0. The van der Waals surface area contributed by atoms with Gasteiger partial charge in [0.1, 0.15) is 22.3 Å². The van der Waals surface area contributed by atoms with E-state index in [-0.39, 0.29) is 0 Å². The molecule has 0 spiro atoms. The molecule has 69 heavy (non-hydrogen) atoms. The molecule has 322 valence electrons. The van der Waals surface area contributed by atoms with Gasteiger partial charge in [-0.15, -0.1) is 0 Å². The van der Waals surface area contributed by atoms with E-state index in [1.54, 1.807) is 0 Å². The third-order valence-corrected chi connectivity index (χ3v) is 13.5. The van der Waals surface area contributed by atoms with Crippen molar-refractivity contribution in [3.63, 3.8) is 0 Å². The Hall–Kier alpha value is -9.39. The van der Waals surface area contributed by atoms with Gasteiger partial charge in [0.05, 0.1) is 11.0 Å². The SMILES string of the molecule is c1ccc(-c2cccc(-n3c4ccccc4c4cc(-c5ccc6oc7cccc(-c8nc(-c9ccccc9)nc(-c9ccc%10c(c9)oc9ccc(-c%11ccccc%11)cc9%10)n8)c7c6c5)ccc43)c2)cc1. The van der Waals surface area contributed by atoms with Gasteiger partial charge in [-0.2, -0.15) is 0 Å². The minimum atomic E-state index is 0.552. The molecule has 0 aliphatic carbocycles. The number of benzene rings is 10. The molecule has 0 aliphatic heterocycles. The van der Waals surface area contributed by atoms with Gasteiger partial charge in [0.2, 0.25) is 0 Å². The van der Waals surface area contributed by atoms with Crippen molar-refractivity contribution in [3.8, 4) is 73.2 Å². The summed E-state index contributed by atoms with van der Waals surface area (Å²) in [5, 5.41) is 6.42. The fourth-order valence-corrected chi connectivity index (χ4v) is 10.1. The van der Waals surface area contributed by atoms with Gasteiger partial charge in [0.15, 0.2) is 17.5 Å². The van der Waals surface area contributed by atoms with Crippen LogP contribution < -0.4 is 0 Å². The number of furan rings is 2. The van der Waals surface area contributed by atoms with Crippen molar-refractivity contribution in [1.29, 1.82) is 0 Å². The number of hydrogen-bond acceptors (Lipinski definition) is 5. The lowest BCUT2D eigenvalue weighted by molar-refractivity contribution is 0.668. The Balaban J connectivity index is 0.893. The van der Waals surface area contributed by atoms with Gasteiger partial charge in [-0.05, 0) is 106 Å². The third kappa shape index (κ3) is 6.53. The third-order valence-electron chi connectivity index (χ3n) is 13.5. The van der Waals surface area contributed by atoms with E-state index in [0.717, 1.165) is 99.5 Å². The average molecular weight is 883 g/mol. The molecule has 0 saturated carbocycles. The summed E-state index contributed by atoms with van der Waals surface area (Å²) in [6.45, 7) is 0. The van der Waals surface area contributed by atoms with Crippen molar-refractivity contribution in [2.75, 3.05) is 0 Å². The second kappa shape index (κ2) is 15.6. The van der Waals surface area contributed by atoms with Crippen LogP contribution >= 0.6 is 0 Å². The maximum atomic E-state index is 6.58. The highest BCUT2D eigenvalue weighted by atomic mass is 16.3. The van der Waals surface area contributed by atoms with Crippen molar-refractivity contribution in [2.24, 2.45) is 0 Å². The summed E-state index contributed by atoms with van der Waals surface area (Å²) in [6, 6.07) is 80.5. The highest BCUT2D eigenvalue weighted by Crippen LogP contribution is 2.41. The molecular formula is C63H38N4O2. The first-order valence-electron chi connectivity index (χ1n) is 23.2. The molecule has 0 atom stereocenters.